The molecule has 17 heavy (non-hydrogen) atoms. The molecule has 0 radical (unpaired) electrons. The highest BCUT2D eigenvalue weighted by Crippen LogP contribution is 2.36. The molecule has 0 aromatic heterocycles. The maximum Gasteiger partial charge on any atom is 0.341 e. The van der Waals surface area contributed by atoms with Gasteiger partial charge in [-0.2, -0.15) is 0 Å². The van der Waals surface area contributed by atoms with Crippen LogP contribution in [0.15, 0.2) is 16.6 Å². The van der Waals surface area contributed by atoms with Crippen LogP contribution in [0.5, 0.6) is 11.5 Å². The number of benzene rings is 1. The van der Waals surface area contributed by atoms with E-state index in [9.17, 15) is 9.59 Å². The summed E-state index contributed by atoms with van der Waals surface area (Å²) in [6, 6.07) is 3.03. The Balaban J connectivity index is 3.06. The van der Waals surface area contributed by atoms with Gasteiger partial charge in [0, 0.05) is 5.56 Å². The zero-order valence-electron chi connectivity index (χ0n) is 9.10. The first kappa shape index (κ1) is 13.5. The van der Waals surface area contributed by atoms with Crippen molar-refractivity contribution in [2.75, 3.05) is 13.2 Å². The summed E-state index contributed by atoms with van der Waals surface area (Å²) < 4.78 is 10.9. The Morgan fingerprint density at radius 2 is 2.18 bits per heavy atom. The van der Waals surface area contributed by atoms with E-state index in [4.69, 9.17) is 14.6 Å². The lowest BCUT2D eigenvalue weighted by Crippen LogP contribution is -2.11. The fourth-order valence-corrected chi connectivity index (χ4v) is 1.77. The van der Waals surface area contributed by atoms with Crippen LogP contribution in [-0.2, 0) is 4.79 Å². The van der Waals surface area contributed by atoms with E-state index in [2.05, 4.69) is 15.9 Å². The Kier molecular flexibility index (Phi) is 4.96. The number of halogens is 1. The van der Waals surface area contributed by atoms with Gasteiger partial charge in [-0.05, 0) is 35.0 Å². The molecule has 0 fully saturated rings. The number of carbonyl (C=O) groups excluding carboxylic acids is 1. The Hall–Kier alpha value is -1.56. The number of carbonyl (C=O) groups is 2. The second-order valence-electron chi connectivity index (χ2n) is 3.06. The number of hydrogen-bond acceptors (Lipinski definition) is 4. The lowest BCUT2D eigenvalue weighted by Gasteiger charge is -2.12. The lowest BCUT2D eigenvalue weighted by molar-refractivity contribution is -0.139. The first-order valence-corrected chi connectivity index (χ1v) is 5.64. The van der Waals surface area contributed by atoms with Crippen molar-refractivity contribution in [3.8, 4) is 11.5 Å². The van der Waals surface area contributed by atoms with Gasteiger partial charge in [0.1, 0.15) is 6.29 Å². The summed E-state index contributed by atoms with van der Waals surface area (Å²) in [5.74, 6) is -0.469. The van der Waals surface area contributed by atoms with Crippen molar-refractivity contribution in [1.82, 2.24) is 0 Å². The minimum Gasteiger partial charge on any atom is -0.490 e. The molecule has 0 aliphatic rings. The Labute approximate surface area is 106 Å². The van der Waals surface area contributed by atoms with Crippen LogP contribution in [0.25, 0.3) is 0 Å². The highest BCUT2D eigenvalue weighted by molar-refractivity contribution is 9.10. The average Bonchev–Trinajstić information content (AvgIpc) is 2.27. The molecule has 0 unspecified atom stereocenters. The zero-order valence-corrected chi connectivity index (χ0v) is 10.7. The average molecular weight is 303 g/mol. The van der Waals surface area contributed by atoms with Crippen LogP contribution >= 0.6 is 15.9 Å². The first-order chi connectivity index (χ1) is 8.08. The molecule has 1 rings (SSSR count). The van der Waals surface area contributed by atoms with Gasteiger partial charge in [-0.15, -0.1) is 0 Å². The minimum atomic E-state index is -1.08. The van der Waals surface area contributed by atoms with Gasteiger partial charge in [0.15, 0.2) is 18.1 Å². The van der Waals surface area contributed by atoms with Gasteiger partial charge < -0.3 is 14.6 Å². The summed E-state index contributed by atoms with van der Waals surface area (Å²) in [6.45, 7) is 1.69. The SMILES string of the molecule is CCOc1cc(C=O)cc(Br)c1OCC(=O)O. The van der Waals surface area contributed by atoms with Crippen LogP contribution in [0.3, 0.4) is 0 Å². The molecule has 92 valence electrons. The van der Waals surface area contributed by atoms with Crippen molar-refractivity contribution >= 4 is 28.2 Å². The minimum absolute atomic E-state index is 0.278. The van der Waals surface area contributed by atoms with Crippen LogP contribution < -0.4 is 9.47 Å². The number of carboxylic acids is 1. The topological polar surface area (TPSA) is 72.8 Å². The molecule has 0 saturated heterocycles. The first-order valence-electron chi connectivity index (χ1n) is 4.84. The molecular weight excluding hydrogens is 292 g/mol. The second-order valence-corrected chi connectivity index (χ2v) is 3.92. The smallest absolute Gasteiger partial charge is 0.341 e. The van der Waals surface area contributed by atoms with Gasteiger partial charge >= 0.3 is 5.97 Å². The van der Waals surface area contributed by atoms with Crippen molar-refractivity contribution in [2.24, 2.45) is 0 Å². The highest BCUT2D eigenvalue weighted by Gasteiger charge is 2.13. The van der Waals surface area contributed by atoms with Gasteiger partial charge in [0.25, 0.3) is 0 Å². The molecule has 0 saturated carbocycles. The van der Waals surface area contributed by atoms with E-state index in [1.807, 2.05) is 0 Å². The molecule has 0 aliphatic heterocycles. The van der Waals surface area contributed by atoms with E-state index in [1.54, 1.807) is 6.92 Å². The van der Waals surface area contributed by atoms with Crippen LogP contribution in [0.4, 0.5) is 0 Å². The zero-order chi connectivity index (χ0) is 12.8. The Morgan fingerprint density at radius 3 is 2.71 bits per heavy atom. The number of carboxylic acid groups (broad SMARTS) is 1. The van der Waals surface area contributed by atoms with E-state index in [0.717, 1.165) is 0 Å². The fraction of sp³-hybridized carbons (Fsp3) is 0.273. The van der Waals surface area contributed by atoms with Gasteiger partial charge in [0.2, 0.25) is 0 Å². The van der Waals surface area contributed by atoms with Crippen molar-refractivity contribution in [1.29, 1.82) is 0 Å². The number of aldehydes is 1. The van der Waals surface area contributed by atoms with Gasteiger partial charge in [-0.25, -0.2) is 4.79 Å². The quantitative estimate of drug-likeness (QED) is 0.815. The summed E-state index contributed by atoms with van der Waals surface area (Å²) in [7, 11) is 0. The number of aliphatic carboxylic acids is 1. The molecule has 0 atom stereocenters. The molecule has 0 spiro atoms. The van der Waals surface area contributed by atoms with Crippen LogP contribution in [0, 0.1) is 0 Å². The molecule has 0 amide bonds. The monoisotopic (exact) mass is 302 g/mol. The third kappa shape index (κ3) is 3.74. The van der Waals surface area contributed by atoms with Gasteiger partial charge in [-0.3, -0.25) is 4.79 Å². The van der Waals surface area contributed by atoms with E-state index >= 15 is 0 Å². The van der Waals surface area contributed by atoms with Crippen LogP contribution in [0.1, 0.15) is 17.3 Å². The molecule has 5 nitrogen and oxygen atoms in total. The third-order valence-corrected chi connectivity index (χ3v) is 2.40. The van der Waals surface area contributed by atoms with Crippen LogP contribution in [0.2, 0.25) is 0 Å². The van der Waals surface area contributed by atoms with Gasteiger partial charge in [-0.1, -0.05) is 0 Å². The number of hydrogen-bond donors (Lipinski definition) is 1. The summed E-state index contributed by atoms with van der Waals surface area (Å²) in [5.41, 5.74) is 0.419. The summed E-state index contributed by atoms with van der Waals surface area (Å²) >= 11 is 3.20. The van der Waals surface area contributed by atoms with Crippen molar-refractivity contribution < 1.29 is 24.2 Å². The molecule has 1 aromatic rings. The van der Waals surface area contributed by atoms with E-state index in [-0.39, 0.29) is 5.75 Å². The summed E-state index contributed by atoms with van der Waals surface area (Å²) in [5, 5.41) is 8.55. The predicted molar refractivity (Wildman–Crippen MR) is 63.8 cm³/mol. The Bertz CT molecular complexity index is 430. The van der Waals surface area contributed by atoms with Crippen LogP contribution in [-0.4, -0.2) is 30.6 Å². The van der Waals surface area contributed by atoms with E-state index < -0.39 is 12.6 Å². The van der Waals surface area contributed by atoms with Gasteiger partial charge in [0.05, 0.1) is 11.1 Å². The molecule has 0 aliphatic carbocycles. The normalized spacial score (nSPS) is 9.76. The Morgan fingerprint density at radius 1 is 1.47 bits per heavy atom. The van der Waals surface area contributed by atoms with Crippen molar-refractivity contribution in [3.05, 3.63) is 22.2 Å². The van der Waals surface area contributed by atoms with E-state index in [0.29, 0.717) is 28.7 Å². The number of ether oxygens (including phenoxy) is 2. The largest absolute Gasteiger partial charge is 0.490 e. The molecule has 1 aromatic carbocycles. The standard InChI is InChI=1S/C11H11BrO5/c1-2-16-9-4-7(5-13)3-8(12)11(9)17-6-10(14)15/h3-5H,2,6H2,1H3,(H,14,15). The lowest BCUT2D eigenvalue weighted by atomic mass is 10.2. The second kappa shape index (κ2) is 6.24. The number of rotatable bonds is 6. The molecule has 6 heteroatoms. The summed E-state index contributed by atoms with van der Waals surface area (Å²) in [6.07, 6.45) is 0.675. The molecule has 0 heterocycles. The molecular formula is C11H11BrO5. The van der Waals surface area contributed by atoms with Crippen molar-refractivity contribution in [2.45, 2.75) is 6.92 Å². The maximum absolute atomic E-state index is 10.7. The molecule has 0 bridgehead atoms. The highest BCUT2D eigenvalue weighted by atomic mass is 79.9. The maximum atomic E-state index is 10.7. The molecule has 1 N–H and O–H groups in total. The third-order valence-electron chi connectivity index (χ3n) is 1.81. The van der Waals surface area contributed by atoms with Crippen molar-refractivity contribution in [3.63, 3.8) is 0 Å². The predicted octanol–water partition coefficient (Wildman–Crippen LogP) is 2.12. The van der Waals surface area contributed by atoms with E-state index in [1.165, 1.54) is 12.1 Å². The fourth-order valence-electron chi connectivity index (χ4n) is 1.19. The summed E-state index contributed by atoms with van der Waals surface area (Å²) in [4.78, 5) is 21.1.